The summed E-state index contributed by atoms with van der Waals surface area (Å²) in [5, 5.41) is 5.97. The zero-order valence-electron chi connectivity index (χ0n) is 6.42. The van der Waals surface area contributed by atoms with Crippen molar-refractivity contribution < 1.29 is 0 Å². The number of aromatic nitrogens is 2. The van der Waals surface area contributed by atoms with Crippen molar-refractivity contribution >= 4 is 10.9 Å². The molecule has 0 amide bonds. The number of H-pyrrole nitrogens is 2. The number of hydrogen-bond donors (Lipinski definition) is 3. The molecule has 0 aliphatic heterocycles. The first-order valence-electron chi connectivity index (χ1n) is 3.71. The second-order valence-corrected chi connectivity index (χ2v) is 2.62. The summed E-state index contributed by atoms with van der Waals surface area (Å²) in [6.07, 6.45) is 0. The van der Waals surface area contributed by atoms with Gasteiger partial charge in [-0.05, 0) is 11.6 Å². The third-order valence-electron chi connectivity index (χ3n) is 1.92. The lowest BCUT2D eigenvalue weighted by Crippen LogP contribution is -1.98. The highest BCUT2D eigenvalue weighted by molar-refractivity contribution is 5.80. The van der Waals surface area contributed by atoms with Crippen LogP contribution in [0.3, 0.4) is 0 Å². The molecule has 0 fully saturated rings. The van der Waals surface area contributed by atoms with Crippen LogP contribution in [-0.2, 0) is 6.54 Å². The average molecular weight is 163 g/mol. The highest BCUT2D eigenvalue weighted by Crippen LogP contribution is 2.11. The fourth-order valence-electron chi connectivity index (χ4n) is 1.29. The van der Waals surface area contributed by atoms with Crippen LogP contribution in [0.4, 0.5) is 0 Å². The fourth-order valence-corrected chi connectivity index (χ4v) is 1.29. The summed E-state index contributed by atoms with van der Waals surface area (Å²) in [6.45, 7) is 0.436. The van der Waals surface area contributed by atoms with Crippen LogP contribution in [0.5, 0.6) is 0 Å². The predicted octanol–water partition coefficient (Wildman–Crippen LogP) is 0.315. The molecular weight excluding hydrogens is 154 g/mol. The van der Waals surface area contributed by atoms with Gasteiger partial charge in [0.1, 0.15) is 0 Å². The number of para-hydroxylation sites is 1. The van der Waals surface area contributed by atoms with Crippen molar-refractivity contribution in [3.8, 4) is 0 Å². The second kappa shape index (κ2) is 2.49. The van der Waals surface area contributed by atoms with E-state index in [1.54, 1.807) is 6.07 Å². The summed E-state index contributed by atoms with van der Waals surface area (Å²) in [4.78, 5) is 11.1. The Kier molecular flexibility index (Phi) is 1.48. The number of fused-ring (bicyclic) bond motifs is 1. The van der Waals surface area contributed by atoms with Gasteiger partial charge in [-0.2, -0.15) is 0 Å². The number of aromatic amines is 2. The van der Waals surface area contributed by atoms with E-state index < -0.39 is 0 Å². The van der Waals surface area contributed by atoms with Gasteiger partial charge in [-0.25, -0.2) is 0 Å². The molecule has 0 radical (unpaired) electrons. The van der Waals surface area contributed by atoms with Crippen LogP contribution in [0.15, 0.2) is 23.0 Å². The summed E-state index contributed by atoms with van der Waals surface area (Å²) >= 11 is 0. The lowest BCUT2D eigenvalue weighted by atomic mass is 10.1. The van der Waals surface area contributed by atoms with Crippen LogP contribution in [0.2, 0.25) is 0 Å². The molecule has 1 aromatic heterocycles. The van der Waals surface area contributed by atoms with Crippen molar-refractivity contribution in [3.05, 3.63) is 34.1 Å². The first-order chi connectivity index (χ1) is 5.83. The van der Waals surface area contributed by atoms with Crippen LogP contribution in [0, 0.1) is 0 Å². The van der Waals surface area contributed by atoms with Crippen LogP contribution < -0.4 is 11.3 Å². The summed E-state index contributed by atoms with van der Waals surface area (Å²) in [7, 11) is 0. The molecular formula is C8H9N3O. The van der Waals surface area contributed by atoms with Gasteiger partial charge in [0.25, 0.3) is 5.56 Å². The van der Waals surface area contributed by atoms with E-state index in [0.717, 1.165) is 11.1 Å². The quantitative estimate of drug-likeness (QED) is 0.566. The second-order valence-electron chi connectivity index (χ2n) is 2.62. The monoisotopic (exact) mass is 163 g/mol. The summed E-state index contributed by atoms with van der Waals surface area (Å²) in [5.41, 5.74) is 7.15. The van der Waals surface area contributed by atoms with Gasteiger partial charge in [-0.3, -0.25) is 15.0 Å². The lowest BCUT2D eigenvalue weighted by Gasteiger charge is -1.95. The molecule has 2 rings (SSSR count). The number of rotatable bonds is 1. The Morgan fingerprint density at radius 1 is 1.33 bits per heavy atom. The normalized spacial score (nSPS) is 10.8. The Labute approximate surface area is 68.4 Å². The minimum atomic E-state index is -0.0969. The summed E-state index contributed by atoms with van der Waals surface area (Å²) < 4.78 is 0. The molecule has 2 aromatic rings. The molecule has 1 heterocycles. The van der Waals surface area contributed by atoms with E-state index in [0.29, 0.717) is 11.9 Å². The zero-order valence-corrected chi connectivity index (χ0v) is 6.42. The van der Waals surface area contributed by atoms with Gasteiger partial charge in [0.2, 0.25) is 0 Å². The third kappa shape index (κ3) is 0.853. The standard InChI is InChI=1S/C8H9N3O/c9-4-5-2-1-3-6-7(5)10-11-8(6)12/h1-3H,4,9H2,(H2,10,11,12). The molecule has 0 saturated carbocycles. The molecule has 0 unspecified atom stereocenters. The van der Waals surface area contributed by atoms with Crippen molar-refractivity contribution in [1.82, 2.24) is 10.2 Å². The smallest absolute Gasteiger partial charge is 0.271 e. The van der Waals surface area contributed by atoms with Crippen molar-refractivity contribution in [2.45, 2.75) is 6.54 Å². The van der Waals surface area contributed by atoms with E-state index in [1.165, 1.54) is 0 Å². The van der Waals surface area contributed by atoms with Gasteiger partial charge in [0.15, 0.2) is 0 Å². The van der Waals surface area contributed by atoms with Crippen LogP contribution in [0.25, 0.3) is 10.9 Å². The van der Waals surface area contributed by atoms with Crippen LogP contribution in [-0.4, -0.2) is 10.2 Å². The molecule has 12 heavy (non-hydrogen) atoms. The number of benzene rings is 1. The maximum atomic E-state index is 11.1. The molecule has 1 aromatic carbocycles. The van der Waals surface area contributed by atoms with Gasteiger partial charge < -0.3 is 5.73 Å². The number of hydrogen-bond acceptors (Lipinski definition) is 2. The highest BCUT2D eigenvalue weighted by Gasteiger charge is 2.02. The first-order valence-corrected chi connectivity index (χ1v) is 3.71. The third-order valence-corrected chi connectivity index (χ3v) is 1.92. The molecule has 0 aliphatic carbocycles. The average Bonchev–Trinajstić information content (AvgIpc) is 2.48. The van der Waals surface area contributed by atoms with Gasteiger partial charge in [0.05, 0.1) is 10.9 Å². The van der Waals surface area contributed by atoms with E-state index in [-0.39, 0.29) is 5.56 Å². The molecule has 0 spiro atoms. The summed E-state index contributed by atoms with van der Waals surface area (Å²) in [6, 6.07) is 5.49. The maximum Gasteiger partial charge on any atom is 0.271 e. The number of nitrogens with one attached hydrogen (secondary N) is 2. The highest BCUT2D eigenvalue weighted by atomic mass is 16.1. The largest absolute Gasteiger partial charge is 0.326 e. The van der Waals surface area contributed by atoms with Gasteiger partial charge in [-0.15, -0.1) is 0 Å². The molecule has 0 atom stereocenters. The van der Waals surface area contributed by atoms with Crippen molar-refractivity contribution in [1.29, 1.82) is 0 Å². The van der Waals surface area contributed by atoms with Crippen molar-refractivity contribution in [2.75, 3.05) is 0 Å². The van der Waals surface area contributed by atoms with E-state index in [2.05, 4.69) is 10.2 Å². The Bertz CT molecular complexity index is 455. The lowest BCUT2D eigenvalue weighted by molar-refractivity contribution is 1.04. The van der Waals surface area contributed by atoms with Crippen molar-refractivity contribution in [2.24, 2.45) is 5.73 Å². The predicted molar refractivity (Wildman–Crippen MR) is 46.8 cm³/mol. The molecule has 62 valence electrons. The van der Waals surface area contributed by atoms with Crippen molar-refractivity contribution in [3.63, 3.8) is 0 Å². The van der Waals surface area contributed by atoms with Gasteiger partial charge >= 0.3 is 0 Å². The van der Waals surface area contributed by atoms with Crippen LogP contribution in [0.1, 0.15) is 5.56 Å². The minimum Gasteiger partial charge on any atom is -0.326 e. The molecule has 0 aliphatic rings. The van der Waals surface area contributed by atoms with E-state index in [1.807, 2.05) is 12.1 Å². The molecule has 4 heteroatoms. The van der Waals surface area contributed by atoms with E-state index in [9.17, 15) is 4.79 Å². The Morgan fingerprint density at radius 3 is 2.92 bits per heavy atom. The fraction of sp³-hybridized carbons (Fsp3) is 0.125. The molecule has 4 N–H and O–H groups in total. The SMILES string of the molecule is NCc1cccc2c(=O)[nH][nH]c12. The van der Waals surface area contributed by atoms with E-state index >= 15 is 0 Å². The summed E-state index contributed by atoms with van der Waals surface area (Å²) in [5.74, 6) is 0. The van der Waals surface area contributed by atoms with Gasteiger partial charge in [-0.1, -0.05) is 12.1 Å². The maximum absolute atomic E-state index is 11.1. The van der Waals surface area contributed by atoms with Gasteiger partial charge in [0, 0.05) is 6.54 Å². The number of nitrogens with two attached hydrogens (primary N) is 1. The van der Waals surface area contributed by atoms with E-state index in [4.69, 9.17) is 5.73 Å². The molecule has 4 nitrogen and oxygen atoms in total. The molecule has 0 saturated heterocycles. The Hall–Kier alpha value is -1.55. The molecule has 0 bridgehead atoms. The topological polar surface area (TPSA) is 74.7 Å². The first kappa shape index (κ1) is 7.12. The minimum absolute atomic E-state index is 0.0969. The van der Waals surface area contributed by atoms with Crippen LogP contribution >= 0.6 is 0 Å². The zero-order chi connectivity index (χ0) is 8.55. The Balaban J connectivity index is 2.90. The Morgan fingerprint density at radius 2 is 2.17 bits per heavy atom.